The van der Waals surface area contributed by atoms with E-state index in [9.17, 15) is 17.7 Å². The Morgan fingerprint density at radius 3 is 2.31 bits per heavy atom. The van der Waals surface area contributed by atoms with Crippen molar-refractivity contribution in [2.24, 2.45) is 0 Å². The molecule has 0 atom stereocenters. The monoisotopic (exact) mass is 233 g/mol. The highest BCUT2D eigenvalue weighted by molar-refractivity contribution is 6.74. The summed E-state index contributed by atoms with van der Waals surface area (Å²) in [5, 5.41) is 0. The van der Waals surface area contributed by atoms with Gasteiger partial charge in [0.15, 0.2) is 0 Å². The average Bonchev–Trinajstić information content (AvgIpc) is 2.25. The lowest BCUT2D eigenvalue weighted by Crippen LogP contribution is -2.35. The SMILES string of the molecule is COC(=O)c1ccc([B-](F)(F)F)c(OC)c1. The second-order valence-electron chi connectivity index (χ2n) is 3.02. The van der Waals surface area contributed by atoms with E-state index in [1.807, 2.05) is 0 Å². The minimum absolute atomic E-state index is 0.0168. The maximum absolute atomic E-state index is 12.5. The number of methoxy groups -OCH3 is 2. The van der Waals surface area contributed by atoms with Crippen molar-refractivity contribution in [3.05, 3.63) is 23.8 Å². The van der Waals surface area contributed by atoms with E-state index >= 15 is 0 Å². The smallest absolute Gasteiger partial charge is 0.500 e. The molecule has 1 aromatic rings. The van der Waals surface area contributed by atoms with Gasteiger partial charge in [-0.05, 0) is 6.07 Å². The molecule has 1 aromatic carbocycles. The van der Waals surface area contributed by atoms with Gasteiger partial charge in [-0.25, -0.2) is 4.79 Å². The van der Waals surface area contributed by atoms with Crippen molar-refractivity contribution in [3.63, 3.8) is 0 Å². The van der Waals surface area contributed by atoms with E-state index in [0.29, 0.717) is 0 Å². The molecule has 0 saturated carbocycles. The predicted molar refractivity (Wildman–Crippen MR) is 53.0 cm³/mol. The fourth-order valence-electron chi connectivity index (χ4n) is 1.23. The minimum atomic E-state index is -5.16. The fraction of sp³-hybridized carbons (Fsp3) is 0.222. The molecule has 3 nitrogen and oxygen atoms in total. The fourth-order valence-corrected chi connectivity index (χ4v) is 1.23. The van der Waals surface area contributed by atoms with Crippen molar-refractivity contribution in [2.45, 2.75) is 0 Å². The number of hydrogen-bond donors (Lipinski definition) is 0. The molecule has 0 radical (unpaired) electrons. The third-order valence-electron chi connectivity index (χ3n) is 2.01. The molecular formula is C9H9BF3O3-. The van der Waals surface area contributed by atoms with Crippen molar-refractivity contribution in [1.29, 1.82) is 0 Å². The highest BCUT2D eigenvalue weighted by Gasteiger charge is 2.29. The standard InChI is InChI=1S/C9H9BF3O3/c1-15-8-5-6(9(14)16-2)3-4-7(8)10(11,12)13/h3-5H,1-2H3/q-1. The zero-order valence-corrected chi connectivity index (χ0v) is 8.67. The summed E-state index contributed by atoms with van der Waals surface area (Å²) in [5.41, 5.74) is -0.849. The number of esters is 1. The Hall–Kier alpha value is -1.66. The molecule has 0 aliphatic heterocycles. The van der Waals surface area contributed by atoms with Gasteiger partial charge < -0.3 is 22.4 Å². The number of carbonyl (C=O) groups excluding carboxylic acids is 1. The Kier molecular flexibility index (Phi) is 3.46. The molecule has 7 heteroatoms. The summed E-state index contributed by atoms with van der Waals surface area (Å²) >= 11 is 0. The third-order valence-corrected chi connectivity index (χ3v) is 2.01. The molecular weight excluding hydrogens is 224 g/mol. The van der Waals surface area contributed by atoms with Gasteiger partial charge in [0, 0.05) is 0 Å². The van der Waals surface area contributed by atoms with Crippen molar-refractivity contribution in [3.8, 4) is 5.75 Å². The van der Waals surface area contributed by atoms with Crippen LogP contribution < -0.4 is 10.2 Å². The summed E-state index contributed by atoms with van der Waals surface area (Å²) in [4.78, 5) is 11.1. The van der Waals surface area contributed by atoms with Crippen LogP contribution in [0, 0.1) is 0 Å². The van der Waals surface area contributed by atoms with E-state index < -0.39 is 18.4 Å². The van der Waals surface area contributed by atoms with Crippen LogP contribution in [0.5, 0.6) is 5.75 Å². The molecule has 0 amide bonds. The Morgan fingerprint density at radius 1 is 1.25 bits per heavy atom. The first-order chi connectivity index (χ1) is 7.40. The van der Waals surface area contributed by atoms with Crippen LogP contribution in [0.2, 0.25) is 0 Å². The third kappa shape index (κ3) is 2.47. The van der Waals surface area contributed by atoms with Gasteiger partial charge in [0.25, 0.3) is 0 Å². The number of ether oxygens (including phenoxy) is 2. The zero-order valence-electron chi connectivity index (χ0n) is 8.67. The minimum Gasteiger partial charge on any atom is -0.500 e. The topological polar surface area (TPSA) is 35.5 Å². The largest absolute Gasteiger partial charge is 0.513 e. The highest BCUT2D eigenvalue weighted by atomic mass is 19.4. The van der Waals surface area contributed by atoms with Crippen LogP contribution in [-0.4, -0.2) is 27.2 Å². The highest BCUT2D eigenvalue weighted by Crippen LogP contribution is 2.19. The van der Waals surface area contributed by atoms with Crippen LogP contribution in [0.1, 0.15) is 10.4 Å². The Bertz CT molecular complexity index is 403. The van der Waals surface area contributed by atoms with Crippen molar-refractivity contribution < 1.29 is 27.2 Å². The summed E-state index contributed by atoms with van der Waals surface area (Å²) in [5.74, 6) is -1.09. The van der Waals surface area contributed by atoms with Crippen LogP contribution >= 0.6 is 0 Å². The molecule has 0 saturated heterocycles. The lowest BCUT2D eigenvalue weighted by molar-refractivity contribution is 0.0600. The van der Waals surface area contributed by atoms with Crippen LogP contribution in [0.4, 0.5) is 12.9 Å². The van der Waals surface area contributed by atoms with Crippen molar-refractivity contribution >= 4 is 18.4 Å². The zero-order chi connectivity index (χ0) is 12.3. The van der Waals surface area contributed by atoms with Gasteiger partial charge in [0.2, 0.25) is 0 Å². The number of hydrogen-bond acceptors (Lipinski definition) is 3. The van der Waals surface area contributed by atoms with Gasteiger partial charge in [-0.2, -0.15) is 0 Å². The molecule has 0 N–H and O–H groups in total. The van der Waals surface area contributed by atoms with Gasteiger partial charge in [-0.15, -0.1) is 0 Å². The molecule has 0 spiro atoms. The summed E-state index contributed by atoms with van der Waals surface area (Å²) in [6, 6.07) is 2.88. The predicted octanol–water partition coefficient (Wildman–Crippen LogP) is 1.54. The van der Waals surface area contributed by atoms with Crippen molar-refractivity contribution in [2.75, 3.05) is 14.2 Å². The molecule has 0 bridgehead atoms. The lowest BCUT2D eigenvalue weighted by Gasteiger charge is -2.18. The summed E-state index contributed by atoms with van der Waals surface area (Å²) < 4.78 is 46.5. The van der Waals surface area contributed by atoms with E-state index in [-0.39, 0.29) is 11.3 Å². The van der Waals surface area contributed by atoms with Gasteiger partial charge in [-0.3, -0.25) is 0 Å². The van der Waals surface area contributed by atoms with E-state index in [2.05, 4.69) is 9.47 Å². The van der Waals surface area contributed by atoms with E-state index in [4.69, 9.17) is 0 Å². The van der Waals surface area contributed by atoms with Gasteiger partial charge in [-0.1, -0.05) is 17.6 Å². The van der Waals surface area contributed by atoms with E-state index in [0.717, 1.165) is 32.4 Å². The van der Waals surface area contributed by atoms with Gasteiger partial charge in [0.05, 0.1) is 25.5 Å². The Balaban J connectivity index is 3.22. The van der Waals surface area contributed by atoms with Crippen LogP contribution in [0.25, 0.3) is 0 Å². The average molecular weight is 233 g/mol. The van der Waals surface area contributed by atoms with Crippen LogP contribution in [0.15, 0.2) is 18.2 Å². The quantitative estimate of drug-likeness (QED) is 0.586. The first-order valence-corrected chi connectivity index (χ1v) is 4.36. The first-order valence-electron chi connectivity index (χ1n) is 4.36. The first kappa shape index (κ1) is 12.4. The molecule has 0 unspecified atom stereocenters. The second kappa shape index (κ2) is 4.46. The molecule has 88 valence electrons. The van der Waals surface area contributed by atoms with Gasteiger partial charge in [0.1, 0.15) is 0 Å². The van der Waals surface area contributed by atoms with E-state index in [1.54, 1.807) is 0 Å². The number of halogens is 3. The lowest BCUT2D eigenvalue weighted by atomic mass is 9.79. The maximum atomic E-state index is 12.5. The number of benzene rings is 1. The molecule has 16 heavy (non-hydrogen) atoms. The molecule has 1 rings (SSSR count). The van der Waals surface area contributed by atoms with Crippen LogP contribution in [-0.2, 0) is 4.74 Å². The molecule has 0 aliphatic rings. The number of carbonyl (C=O) groups is 1. The summed E-state index contributed by atoms with van der Waals surface area (Å²) in [7, 11) is 2.26. The summed E-state index contributed by atoms with van der Waals surface area (Å²) in [6.45, 7) is -5.16. The second-order valence-corrected chi connectivity index (χ2v) is 3.02. The normalized spacial score (nSPS) is 11.1. The van der Waals surface area contributed by atoms with Gasteiger partial charge >= 0.3 is 12.9 Å². The van der Waals surface area contributed by atoms with Crippen LogP contribution in [0.3, 0.4) is 0 Å². The Labute approximate surface area is 90.2 Å². The molecule has 0 aromatic heterocycles. The van der Waals surface area contributed by atoms with E-state index in [1.165, 1.54) is 0 Å². The summed E-state index contributed by atoms with van der Waals surface area (Å²) in [6.07, 6.45) is 0. The molecule has 0 fully saturated rings. The Morgan fingerprint density at radius 2 is 1.88 bits per heavy atom. The maximum Gasteiger partial charge on any atom is 0.513 e. The molecule has 0 aliphatic carbocycles. The molecule has 0 heterocycles. The van der Waals surface area contributed by atoms with Crippen molar-refractivity contribution in [1.82, 2.24) is 0 Å². The number of rotatable bonds is 3.